The Balaban J connectivity index is 1.86. The molecule has 0 heterocycles. The van der Waals surface area contributed by atoms with Crippen LogP contribution in [0.4, 0.5) is 0 Å². The van der Waals surface area contributed by atoms with Gasteiger partial charge in [0.15, 0.2) is 0 Å². The maximum atomic E-state index is 11.5. The lowest BCUT2D eigenvalue weighted by molar-refractivity contribution is 0.137. The minimum Gasteiger partial charge on any atom is -0.490 e. The summed E-state index contributed by atoms with van der Waals surface area (Å²) in [5.41, 5.74) is 1.48. The van der Waals surface area contributed by atoms with Crippen LogP contribution in [0.25, 0.3) is 0 Å². The van der Waals surface area contributed by atoms with E-state index in [1.54, 1.807) is 19.1 Å². The first-order chi connectivity index (χ1) is 9.34. The molecule has 1 aromatic carbocycles. The molecule has 3 atom stereocenters. The Bertz CT molecular complexity index is 639. The van der Waals surface area contributed by atoms with Crippen molar-refractivity contribution in [2.45, 2.75) is 50.5 Å². The van der Waals surface area contributed by atoms with Gasteiger partial charge in [0, 0.05) is 0 Å². The number of benzene rings is 1. The van der Waals surface area contributed by atoms with E-state index < -0.39 is 10.0 Å². The summed E-state index contributed by atoms with van der Waals surface area (Å²) in [6.45, 7) is 3.63. The summed E-state index contributed by atoms with van der Waals surface area (Å²) in [5.74, 6) is 2.31. The molecule has 3 unspecified atom stereocenters. The van der Waals surface area contributed by atoms with Gasteiger partial charge in [0.2, 0.25) is 10.0 Å². The molecule has 5 heteroatoms. The number of hydrogen-bond donors (Lipinski definition) is 1. The molecule has 0 aromatic heterocycles. The second-order valence-corrected chi connectivity index (χ2v) is 7.79. The maximum absolute atomic E-state index is 11.5. The fraction of sp³-hybridized carbons (Fsp3) is 0.600. The van der Waals surface area contributed by atoms with E-state index in [2.05, 4.69) is 0 Å². The van der Waals surface area contributed by atoms with E-state index in [9.17, 15) is 8.42 Å². The van der Waals surface area contributed by atoms with Crippen LogP contribution in [-0.4, -0.2) is 14.5 Å². The van der Waals surface area contributed by atoms with Crippen molar-refractivity contribution >= 4 is 10.0 Å². The number of aryl methyl sites for hydroxylation is 2. The number of nitrogens with two attached hydrogens (primary N) is 1. The Labute approximate surface area is 120 Å². The van der Waals surface area contributed by atoms with E-state index in [1.807, 2.05) is 6.92 Å². The van der Waals surface area contributed by atoms with Gasteiger partial charge in [0.1, 0.15) is 11.9 Å². The minimum atomic E-state index is -3.66. The molecule has 110 valence electrons. The Morgan fingerprint density at radius 2 is 1.90 bits per heavy atom. The summed E-state index contributed by atoms with van der Waals surface area (Å²) < 4.78 is 29.2. The predicted molar refractivity (Wildman–Crippen MR) is 77.2 cm³/mol. The summed E-state index contributed by atoms with van der Waals surface area (Å²) in [6.07, 6.45) is 5.33. The molecule has 2 aliphatic rings. The van der Waals surface area contributed by atoms with Gasteiger partial charge in [-0.3, -0.25) is 0 Å². The molecular formula is C15H21NO3S. The average molecular weight is 295 g/mol. The number of sulfonamides is 1. The van der Waals surface area contributed by atoms with Gasteiger partial charge < -0.3 is 4.74 Å². The van der Waals surface area contributed by atoms with Crippen molar-refractivity contribution in [3.8, 4) is 5.75 Å². The highest BCUT2D eigenvalue weighted by atomic mass is 32.2. The SMILES string of the molecule is Cc1cc(S(N)(=O)=O)c(C)cc1OC1CC2CCC1C2. The molecule has 0 radical (unpaired) electrons. The van der Waals surface area contributed by atoms with Crippen molar-refractivity contribution in [3.63, 3.8) is 0 Å². The normalized spacial score (nSPS) is 28.9. The predicted octanol–water partition coefficient (Wildman–Crippen LogP) is 2.52. The molecule has 2 saturated carbocycles. The van der Waals surface area contributed by atoms with Gasteiger partial charge >= 0.3 is 0 Å². The fourth-order valence-electron chi connectivity index (χ4n) is 3.69. The van der Waals surface area contributed by atoms with E-state index in [4.69, 9.17) is 9.88 Å². The van der Waals surface area contributed by atoms with Gasteiger partial charge in [-0.05, 0) is 74.6 Å². The number of rotatable bonds is 3. The second-order valence-electron chi connectivity index (χ2n) is 6.26. The van der Waals surface area contributed by atoms with E-state index in [1.165, 1.54) is 19.3 Å². The fourth-order valence-corrected chi connectivity index (χ4v) is 4.54. The molecule has 0 amide bonds. The van der Waals surface area contributed by atoms with Gasteiger partial charge in [-0.15, -0.1) is 0 Å². The van der Waals surface area contributed by atoms with Crippen molar-refractivity contribution in [1.82, 2.24) is 0 Å². The largest absolute Gasteiger partial charge is 0.490 e. The molecule has 1 aromatic rings. The van der Waals surface area contributed by atoms with E-state index in [0.29, 0.717) is 17.6 Å². The van der Waals surface area contributed by atoms with E-state index >= 15 is 0 Å². The topological polar surface area (TPSA) is 69.4 Å². The lowest BCUT2D eigenvalue weighted by atomic mass is 9.97. The summed E-state index contributed by atoms with van der Waals surface area (Å²) in [5, 5.41) is 5.22. The number of hydrogen-bond acceptors (Lipinski definition) is 3. The van der Waals surface area contributed by atoms with Crippen LogP contribution < -0.4 is 9.88 Å². The van der Waals surface area contributed by atoms with E-state index in [-0.39, 0.29) is 4.90 Å². The zero-order valence-corrected chi connectivity index (χ0v) is 12.7. The van der Waals surface area contributed by atoms with Crippen molar-refractivity contribution in [2.24, 2.45) is 17.0 Å². The zero-order chi connectivity index (χ0) is 14.5. The Morgan fingerprint density at radius 1 is 1.15 bits per heavy atom. The molecular weight excluding hydrogens is 274 g/mol. The first-order valence-corrected chi connectivity index (χ1v) is 8.70. The minimum absolute atomic E-state index is 0.190. The first-order valence-electron chi connectivity index (χ1n) is 7.15. The Hall–Kier alpha value is -1.07. The molecule has 0 saturated heterocycles. The lowest BCUT2D eigenvalue weighted by Gasteiger charge is -2.24. The summed E-state index contributed by atoms with van der Waals surface area (Å²) in [4.78, 5) is 0.190. The Kier molecular flexibility index (Phi) is 3.29. The zero-order valence-electron chi connectivity index (χ0n) is 11.9. The molecule has 4 nitrogen and oxygen atoms in total. The smallest absolute Gasteiger partial charge is 0.238 e. The van der Waals surface area contributed by atoms with Crippen LogP contribution in [0.5, 0.6) is 5.75 Å². The van der Waals surface area contributed by atoms with Crippen LogP contribution in [0.2, 0.25) is 0 Å². The molecule has 2 bridgehead atoms. The third-order valence-electron chi connectivity index (χ3n) is 4.73. The van der Waals surface area contributed by atoms with Gasteiger partial charge in [-0.1, -0.05) is 0 Å². The second kappa shape index (κ2) is 4.74. The number of fused-ring (bicyclic) bond motifs is 2. The van der Waals surface area contributed by atoms with Crippen molar-refractivity contribution in [2.75, 3.05) is 0 Å². The highest BCUT2D eigenvalue weighted by Crippen LogP contribution is 2.46. The van der Waals surface area contributed by atoms with Crippen LogP contribution in [0.1, 0.15) is 36.8 Å². The molecule has 0 aliphatic heterocycles. The maximum Gasteiger partial charge on any atom is 0.238 e. The van der Waals surface area contributed by atoms with Gasteiger partial charge in [0.25, 0.3) is 0 Å². The quantitative estimate of drug-likeness (QED) is 0.931. The van der Waals surface area contributed by atoms with Crippen LogP contribution in [0.15, 0.2) is 17.0 Å². The molecule has 2 aliphatic carbocycles. The van der Waals surface area contributed by atoms with Crippen molar-refractivity contribution in [1.29, 1.82) is 0 Å². The molecule has 2 fully saturated rings. The van der Waals surface area contributed by atoms with Gasteiger partial charge in [-0.25, -0.2) is 13.6 Å². The summed E-state index contributed by atoms with van der Waals surface area (Å²) in [7, 11) is -3.66. The van der Waals surface area contributed by atoms with Crippen molar-refractivity contribution in [3.05, 3.63) is 23.3 Å². The molecule has 2 N–H and O–H groups in total. The van der Waals surface area contributed by atoms with Crippen molar-refractivity contribution < 1.29 is 13.2 Å². The lowest BCUT2D eigenvalue weighted by Crippen LogP contribution is -2.24. The first kappa shape index (κ1) is 13.9. The molecule has 20 heavy (non-hydrogen) atoms. The number of primary sulfonamides is 1. The standard InChI is InChI=1S/C15H21NO3S/c1-9-6-15(20(16,17)18)10(2)5-13(9)19-14-8-11-3-4-12(14)7-11/h5-6,11-12,14H,3-4,7-8H2,1-2H3,(H2,16,17,18). The summed E-state index contributed by atoms with van der Waals surface area (Å²) in [6, 6.07) is 3.42. The van der Waals surface area contributed by atoms with Gasteiger partial charge in [-0.2, -0.15) is 0 Å². The van der Waals surface area contributed by atoms with Crippen LogP contribution in [0, 0.1) is 25.7 Å². The average Bonchev–Trinajstić information content (AvgIpc) is 2.94. The third-order valence-corrected chi connectivity index (χ3v) is 5.78. The van der Waals surface area contributed by atoms with Crippen LogP contribution >= 0.6 is 0 Å². The molecule has 3 rings (SSSR count). The summed E-state index contributed by atoms with van der Waals surface area (Å²) >= 11 is 0. The monoisotopic (exact) mass is 295 g/mol. The van der Waals surface area contributed by atoms with E-state index in [0.717, 1.165) is 23.7 Å². The highest BCUT2D eigenvalue weighted by molar-refractivity contribution is 7.89. The number of ether oxygens (including phenoxy) is 1. The van der Waals surface area contributed by atoms with Gasteiger partial charge in [0.05, 0.1) is 4.90 Å². The third kappa shape index (κ3) is 2.44. The van der Waals surface area contributed by atoms with Crippen LogP contribution in [-0.2, 0) is 10.0 Å². The molecule has 0 spiro atoms. The van der Waals surface area contributed by atoms with Crippen LogP contribution in [0.3, 0.4) is 0 Å². The Morgan fingerprint density at radius 3 is 2.45 bits per heavy atom. The highest BCUT2D eigenvalue weighted by Gasteiger charge is 2.41.